The number of nitrogens with zero attached hydrogens (tertiary/aromatic N) is 2. The minimum absolute atomic E-state index is 0.183. The molecule has 6 nitrogen and oxygen atoms in total. The predicted octanol–water partition coefficient (Wildman–Crippen LogP) is 2.35. The van der Waals surface area contributed by atoms with E-state index in [1.807, 2.05) is 45.0 Å². The second-order valence-electron chi connectivity index (χ2n) is 5.39. The van der Waals surface area contributed by atoms with E-state index in [0.717, 1.165) is 10.9 Å². The van der Waals surface area contributed by atoms with Gasteiger partial charge in [-0.2, -0.15) is 0 Å². The van der Waals surface area contributed by atoms with Crippen LogP contribution in [0, 0.1) is 0 Å². The number of ether oxygens (including phenoxy) is 1. The summed E-state index contributed by atoms with van der Waals surface area (Å²) < 4.78 is 5.28. The Morgan fingerprint density at radius 1 is 1.33 bits per heavy atom. The van der Waals surface area contributed by atoms with Gasteiger partial charge in [-0.1, -0.05) is 30.0 Å². The number of anilines is 1. The molecule has 0 fully saturated rings. The highest BCUT2D eigenvalue weighted by Gasteiger charge is 2.17. The van der Waals surface area contributed by atoms with E-state index in [-0.39, 0.29) is 11.7 Å². The Labute approximate surface area is 127 Å². The molecule has 3 N–H and O–H groups in total. The lowest BCUT2D eigenvalue weighted by Gasteiger charge is -2.19. The number of carbonyl (C=O) groups is 1. The summed E-state index contributed by atoms with van der Waals surface area (Å²) in [5.41, 5.74) is 2.71. The van der Waals surface area contributed by atoms with Crippen LogP contribution in [-0.4, -0.2) is 27.3 Å². The Morgan fingerprint density at radius 2 is 2.05 bits per heavy atom. The average molecular weight is 306 g/mol. The van der Waals surface area contributed by atoms with Crippen molar-refractivity contribution in [3.63, 3.8) is 0 Å². The Balaban J connectivity index is 2.19. The lowest BCUT2D eigenvalue weighted by molar-refractivity contribution is -0.151. The molecule has 21 heavy (non-hydrogen) atoms. The third kappa shape index (κ3) is 4.30. The van der Waals surface area contributed by atoms with E-state index >= 15 is 0 Å². The van der Waals surface area contributed by atoms with E-state index in [1.165, 1.54) is 11.8 Å². The number of rotatable bonds is 4. The van der Waals surface area contributed by atoms with Gasteiger partial charge in [0.15, 0.2) is 0 Å². The van der Waals surface area contributed by atoms with Crippen molar-refractivity contribution in [2.45, 2.75) is 31.4 Å². The fourth-order valence-electron chi connectivity index (χ4n) is 1.72. The third-order valence-corrected chi connectivity index (χ3v) is 3.41. The maximum atomic E-state index is 11.8. The van der Waals surface area contributed by atoms with E-state index in [2.05, 4.69) is 15.4 Å². The fraction of sp³-hybridized carbons (Fsp3) is 0.357. The van der Waals surface area contributed by atoms with Gasteiger partial charge in [0.1, 0.15) is 10.6 Å². The van der Waals surface area contributed by atoms with Crippen LogP contribution in [0.3, 0.4) is 0 Å². The number of hydrazine groups is 1. The Bertz CT molecular complexity index is 655. The lowest BCUT2D eigenvalue weighted by Crippen LogP contribution is -2.25. The fourth-order valence-corrected chi connectivity index (χ4v) is 2.51. The third-order valence-electron chi connectivity index (χ3n) is 2.44. The zero-order valence-corrected chi connectivity index (χ0v) is 13.0. The summed E-state index contributed by atoms with van der Waals surface area (Å²) >= 11 is 1.31. The number of aromatic nitrogens is 2. The smallest absolute Gasteiger partial charge is 0.316 e. The monoisotopic (exact) mass is 306 g/mol. The maximum Gasteiger partial charge on any atom is 0.316 e. The van der Waals surface area contributed by atoms with Crippen molar-refractivity contribution < 1.29 is 9.53 Å². The SMILES string of the molecule is CC(C)(C)OC(=O)CSc1nc(NN)nc2ccccc12. The molecule has 2 rings (SSSR count). The van der Waals surface area contributed by atoms with Crippen LogP contribution in [0.5, 0.6) is 0 Å². The summed E-state index contributed by atoms with van der Waals surface area (Å²) in [6, 6.07) is 7.57. The zero-order chi connectivity index (χ0) is 15.5. The number of benzene rings is 1. The summed E-state index contributed by atoms with van der Waals surface area (Å²) in [6.45, 7) is 5.52. The molecule has 0 aliphatic heterocycles. The highest BCUT2D eigenvalue weighted by Crippen LogP contribution is 2.26. The van der Waals surface area contributed by atoms with Gasteiger partial charge in [-0.3, -0.25) is 10.2 Å². The minimum atomic E-state index is -0.491. The first-order valence-corrected chi connectivity index (χ1v) is 7.45. The van der Waals surface area contributed by atoms with Crippen LogP contribution in [-0.2, 0) is 9.53 Å². The quantitative estimate of drug-likeness (QED) is 0.294. The average Bonchev–Trinajstić information content (AvgIpc) is 2.42. The molecule has 0 bridgehead atoms. The molecule has 1 heterocycles. The normalized spacial score (nSPS) is 11.4. The van der Waals surface area contributed by atoms with E-state index in [0.29, 0.717) is 11.0 Å². The number of thioether (sulfide) groups is 1. The molecule has 0 saturated heterocycles. The number of nitrogens with two attached hydrogens (primary N) is 1. The summed E-state index contributed by atoms with van der Waals surface area (Å²) in [5, 5.41) is 1.57. The largest absolute Gasteiger partial charge is 0.459 e. The molecule has 0 aliphatic rings. The molecule has 112 valence electrons. The first-order valence-electron chi connectivity index (χ1n) is 6.47. The van der Waals surface area contributed by atoms with Crippen molar-refractivity contribution in [3.8, 4) is 0 Å². The minimum Gasteiger partial charge on any atom is -0.459 e. The Hall–Kier alpha value is -1.86. The molecule has 7 heteroatoms. The van der Waals surface area contributed by atoms with Crippen molar-refractivity contribution in [3.05, 3.63) is 24.3 Å². The van der Waals surface area contributed by atoms with Gasteiger partial charge in [0, 0.05) is 5.39 Å². The molecule has 1 aromatic carbocycles. The highest BCUT2D eigenvalue weighted by atomic mass is 32.2. The number of hydrogen-bond acceptors (Lipinski definition) is 7. The molecule has 0 radical (unpaired) electrons. The van der Waals surface area contributed by atoms with E-state index < -0.39 is 5.60 Å². The van der Waals surface area contributed by atoms with Crippen LogP contribution in [0.25, 0.3) is 10.9 Å². The van der Waals surface area contributed by atoms with Gasteiger partial charge in [-0.15, -0.1) is 0 Å². The first-order chi connectivity index (χ1) is 9.89. The van der Waals surface area contributed by atoms with E-state index in [9.17, 15) is 4.79 Å². The van der Waals surface area contributed by atoms with Crippen LogP contribution < -0.4 is 11.3 Å². The number of esters is 1. The maximum absolute atomic E-state index is 11.8. The van der Waals surface area contributed by atoms with E-state index in [1.54, 1.807) is 0 Å². The number of para-hydroxylation sites is 1. The molecule has 0 atom stereocenters. The Morgan fingerprint density at radius 3 is 2.71 bits per heavy atom. The zero-order valence-electron chi connectivity index (χ0n) is 12.2. The van der Waals surface area contributed by atoms with Gasteiger partial charge in [0.25, 0.3) is 0 Å². The number of hydrogen-bond donors (Lipinski definition) is 2. The molecular weight excluding hydrogens is 288 g/mol. The molecular formula is C14H18N4O2S. The van der Waals surface area contributed by atoms with Crippen LogP contribution in [0.4, 0.5) is 5.95 Å². The van der Waals surface area contributed by atoms with Crippen molar-refractivity contribution in [2.75, 3.05) is 11.2 Å². The second kappa shape index (κ2) is 6.28. The predicted molar refractivity (Wildman–Crippen MR) is 83.9 cm³/mol. The van der Waals surface area contributed by atoms with Crippen molar-refractivity contribution in [1.82, 2.24) is 9.97 Å². The molecule has 0 amide bonds. The summed E-state index contributed by atoms with van der Waals surface area (Å²) in [6.07, 6.45) is 0. The van der Waals surface area contributed by atoms with Crippen molar-refractivity contribution >= 4 is 34.6 Å². The van der Waals surface area contributed by atoms with Gasteiger partial charge in [-0.05, 0) is 26.8 Å². The molecule has 1 aromatic heterocycles. The molecule has 0 saturated carbocycles. The van der Waals surface area contributed by atoms with Gasteiger partial charge >= 0.3 is 5.97 Å². The van der Waals surface area contributed by atoms with Gasteiger partial charge in [0.05, 0.1) is 11.3 Å². The lowest BCUT2D eigenvalue weighted by atomic mass is 10.2. The van der Waals surface area contributed by atoms with Gasteiger partial charge in [-0.25, -0.2) is 15.8 Å². The van der Waals surface area contributed by atoms with Gasteiger partial charge in [0.2, 0.25) is 5.95 Å². The summed E-state index contributed by atoms with van der Waals surface area (Å²) in [5.74, 6) is 5.60. The number of nitrogens with one attached hydrogen (secondary N) is 1. The highest BCUT2D eigenvalue weighted by molar-refractivity contribution is 8.00. The number of carbonyl (C=O) groups excluding carboxylic acids is 1. The molecule has 0 spiro atoms. The van der Waals surface area contributed by atoms with Gasteiger partial charge < -0.3 is 4.74 Å². The molecule has 0 unspecified atom stereocenters. The van der Waals surface area contributed by atoms with Crippen molar-refractivity contribution in [1.29, 1.82) is 0 Å². The van der Waals surface area contributed by atoms with Crippen molar-refractivity contribution in [2.24, 2.45) is 5.84 Å². The van der Waals surface area contributed by atoms with Crippen LogP contribution >= 0.6 is 11.8 Å². The number of fused-ring (bicyclic) bond motifs is 1. The van der Waals surface area contributed by atoms with E-state index in [4.69, 9.17) is 10.6 Å². The van der Waals surface area contributed by atoms with Crippen LogP contribution in [0.1, 0.15) is 20.8 Å². The molecule has 0 aliphatic carbocycles. The van der Waals surface area contributed by atoms with Crippen LogP contribution in [0.15, 0.2) is 29.3 Å². The Kier molecular flexibility index (Phi) is 4.64. The topological polar surface area (TPSA) is 90.1 Å². The molecule has 2 aromatic rings. The van der Waals surface area contributed by atoms with Crippen LogP contribution in [0.2, 0.25) is 0 Å². The standard InChI is InChI=1S/C14H18N4O2S/c1-14(2,3)20-11(19)8-21-12-9-6-4-5-7-10(9)16-13(17-12)18-15/h4-7H,8,15H2,1-3H3,(H,16,17,18). The first kappa shape index (κ1) is 15.5. The number of nitrogen functional groups attached to an aromatic ring is 1. The summed E-state index contributed by atoms with van der Waals surface area (Å²) in [7, 11) is 0. The second-order valence-corrected chi connectivity index (χ2v) is 6.35. The summed E-state index contributed by atoms with van der Waals surface area (Å²) in [4.78, 5) is 20.4.